The average Bonchev–Trinajstić information content (AvgIpc) is 2.79. The van der Waals surface area contributed by atoms with Gasteiger partial charge in [-0.05, 0) is 48.4 Å². The van der Waals surface area contributed by atoms with Gasteiger partial charge in [-0.3, -0.25) is 9.69 Å². The minimum Gasteiger partial charge on any atom is -0.462 e. The van der Waals surface area contributed by atoms with Crippen LogP contribution < -0.4 is 5.32 Å². The number of carbonyl (C=O) groups is 2. The average molecular weight is 474 g/mol. The number of carbonyl (C=O) groups excluding carboxylic acids is 2. The van der Waals surface area contributed by atoms with Gasteiger partial charge in [0.05, 0.1) is 18.4 Å². The van der Waals surface area contributed by atoms with Crippen LogP contribution in [-0.2, 0) is 21.3 Å². The number of anilines is 1. The van der Waals surface area contributed by atoms with Gasteiger partial charge in [-0.2, -0.15) is 4.31 Å². The first kappa shape index (κ1) is 24.9. The van der Waals surface area contributed by atoms with Gasteiger partial charge in [0.2, 0.25) is 10.0 Å². The number of nitrogens with one attached hydrogen (secondary N) is 1. The first-order valence-corrected chi connectivity index (χ1v) is 13.0. The molecule has 1 saturated heterocycles. The summed E-state index contributed by atoms with van der Waals surface area (Å²) in [7, 11) is -3.15. The monoisotopic (exact) mass is 473 g/mol. The van der Waals surface area contributed by atoms with Crippen LogP contribution in [0.2, 0.25) is 0 Å². The third-order valence-electron chi connectivity index (χ3n) is 5.51. The van der Waals surface area contributed by atoms with Crippen LogP contribution in [0.15, 0.2) is 48.5 Å². The maximum atomic E-state index is 12.7. The molecule has 178 valence electrons. The number of ether oxygens (including phenoxy) is 1. The van der Waals surface area contributed by atoms with Crippen LogP contribution in [0.1, 0.15) is 46.0 Å². The maximum absolute atomic E-state index is 12.7. The normalized spacial score (nSPS) is 15.2. The van der Waals surface area contributed by atoms with E-state index in [9.17, 15) is 18.0 Å². The summed E-state index contributed by atoms with van der Waals surface area (Å²) in [5.74, 6) is -0.608. The van der Waals surface area contributed by atoms with Crippen LogP contribution >= 0.6 is 0 Å². The summed E-state index contributed by atoms with van der Waals surface area (Å²) in [6.45, 7) is 5.32. The van der Waals surface area contributed by atoms with Gasteiger partial charge in [0, 0.05) is 44.0 Å². The molecule has 0 aliphatic carbocycles. The molecule has 1 amide bonds. The Morgan fingerprint density at radius 3 is 2.33 bits per heavy atom. The lowest BCUT2D eigenvalue weighted by molar-refractivity contribution is 0.0499. The van der Waals surface area contributed by atoms with E-state index in [2.05, 4.69) is 10.2 Å². The van der Waals surface area contributed by atoms with E-state index in [1.54, 1.807) is 30.3 Å². The highest BCUT2D eigenvalue weighted by atomic mass is 32.2. The molecule has 0 atom stereocenters. The Balaban J connectivity index is 1.55. The van der Waals surface area contributed by atoms with Gasteiger partial charge in [0.1, 0.15) is 0 Å². The van der Waals surface area contributed by atoms with E-state index in [0.717, 1.165) is 18.4 Å². The first-order chi connectivity index (χ1) is 15.8. The molecule has 1 fully saturated rings. The molecule has 0 bridgehead atoms. The molecule has 3 rings (SSSR count). The quantitative estimate of drug-likeness (QED) is 0.444. The van der Waals surface area contributed by atoms with Crippen LogP contribution in [0.5, 0.6) is 0 Å². The van der Waals surface area contributed by atoms with Crippen LogP contribution in [0, 0.1) is 0 Å². The van der Waals surface area contributed by atoms with Crippen molar-refractivity contribution >= 4 is 27.6 Å². The van der Waals surface area contributed by atoms with Gasteiger partial charge in [0.25, 0.3) is 5.91 Å². The van der Waals surface area contributed by atoms with Crippen LogP contribution in [0.25, 0.3) is 0 Å². The fourth-order valence-corrected chi connectivity index (χ4v) is 4.40. The maximum Gasteiger partial charge on any atom is 0.338 e. The highest BCUT2D eigenvalue weighted by molar-refractivity contribution is 7.88. The highest BCUT2D eigenvalue weighted by Gasteiger charge is 2.23. The lowest BCUT2D eigenvalue weighted by Gasteiger charge is -2.33. The number of rotatable bonds is 9. The fourth-order valence-electron chi connectivity index (χ4n) is 3.57. The molecule has 0 radical (unpaired) electrons. The summed E-state index contributed by atoms with van der Waals surface area (Å²) < 4.78 is 30.0. The summed E-state index contributed by atoms with van der Waals surface area (Å²) in [6, 6.07) is 14.0. The summed E-state index contributed by atoms with van der Waals surface area (Å²) >= 11 is 0. The zero-order chi connectivity index (χ0) is 23.8. The molecular formula is C24H31N3O5S. The second-order valence-electron chi connectivity index (χ2n) is 8.16. The minimum atomic E-state index is -3.15. The van der Waals surface area contributed by atoms with Crippen molar-refractivity contribution in [3.05, 3.63) is 65.2 Å². The molecule has 9 heteroatoms. The lowest BCUT2D eigenvalue weighted by Crippen LogP contribution is -2.47. The van der Waals surface area contributed by atoms with Gasteiger partial charge in [-0.15, -0.1) is 0 Å². The second-order valence-corrected chi connectivity index (χ2v) is 10.1. The SMILES string of the molecule is CCCCOC(=O)c1ccc(NC(=O)c2cccc(CN3CCN(S(C)(=O)=O)CC3)c2)cc1. The van der Waals surface area contributed by atoms with Crippen LogP contribution in [0.4, 0.5) is 5.69 Å². The number of hydrogen-bond acceptors (Lipinski definition) is 6. The van der Waals surface area contributed by atoms with Gasteiger partial charge >= 0.3 is 5.97 Å². The van der Waals surface area contributed by atoms with Gasteiger partial charge < -0.3 is 10.1 Å². The first-order valence-electron chi connectivity index (χ1n) is 11.1. The van der Waals surface area contributed by atoms with Crippen LogP contribution in [-0.4, -0.2) is 68.5 Å². The molecule has 8 nitrogen and oxygen atoms in total. The van der Waals surface area contributed by atoms with Crippen molar-refractivity contribution < 1.29 is 22.7 Å². The van der Waals surface area contributed by atoms with Crippen molar-refractivity contribution in [1.29, 1.82) is 0 Å². The molecule has 0 spiro atoms. The number of hydrogen-bond donors (Lipinski definition) is 1. The topological polar surface area (TPSA) is 96.0 Å². The Bertz CT molecular complexity index is 1060. The van der Waals surface area contributed by atoms with E-state index < -0.39 is 10.0 Å². The van der Waals surface area contributed by atoms with Crippen molar-refractivity contribution in [3.8, 4) is 0 Å². The molecule has 2 aromatic rings. The smallest absolute Gasteiger partial charge is 0.338 e. The van der Waals surface area contributed by atoms with Gasteiger partial charge in [-0.25, -0.2) is 13.2 Å². The van der Waals surface area contributed by atoms with Crippen molar-refractivity contribution in [3.63, 3.8) is 0 Å². The predicted molar refractivity (Wildman–Crippen MR) is 128 cm³/mol. The highest BCUT2D eigenvalue weighted by Crippen LogP contribution is 2.15. The Morgan fingerprint density at radius 2 is 1.70 bits per heavy atom. The third-order valence-corrected chi connectivity index (χ3v) is 6.81. The minimum absolute atomic E-state index is 0.239. The number of esters is 1. The largest absolute Gasteiger partial charge is 0.462 e. The van der Waals surface area contributed by atoms with E-state index in [1.807, 2.05) is 25.1 Å². The molecule has 0 saturated carbocycles. The second kappa shape index (κ2) is 11.4. The Labute approximate surface area is 195 Å². The number of unbranched alkanes of at least 4 members (excludes halogenated alkanes) is 1. The molecule has 33 heavy (non-hydrogen) atoms. The molecular weight excluding hydrogens is 442 g/mol. The summed E-state index contributed by atoms with van der Waals surface area (Å²) in [4.78, 5) is 26.9. The molecule has 1 aliphatic heterocycles. The molecule has 1 N–H and O–H groups in total. The van der Waals surface area contributed by atoms with Crippen molar-refractivity contribution in [2.24, 2.45) is 0 Å². The molecule has 1 heterocycles. The Morgan fingerprint density at radius 1 is 1.00 bits per heavy atom. The Hall–Kier alpha value is -2.75. The van der Waals surface area contributed by atoms with E-state index in [0.29, 0.717) is 56.1 Å². The number of sulfonamides is 1. The summed E-state index contributed by atoms with van der Waals surface area (Å²) in [5.41, 5.74) is 2.56. The van der Waals surface area contributed by atoms with Crippen molar-refractivity contribution in [1.82, 2.24) is 9.21 Å². The van der Waals surface area contributed by atoms with Gasteiger partial charge in [-0.1, -0.05) is 25.5 Å². The third kappa shape index (κ3) is 7.38. The van der Waals surface area contributed by atoms with Gasteiger partial charge in [0.15, 0.2) is 0 Å². The zero-order valence-electron chi connectivity index (χ0n) is 19.1. The number of piperazine rings is 1. The van der Waals surface area contributed by atoms with E-state index in [1.165, 1.54) is 10.6 Å². The molecule has 0 unspecified atom stereocenters. The molecule has 2 aromatic carbocycles. The van der Waals surface area contributed by atoms with E-state index in [4.69, 9.17) is 4.74 Å². The lowest BCUT2D eigenvalue weighted by atomic mass is 10.1. The number of amides is 1. The van der Waals surface area contributed by atoms with Crippen molar-refractivity contribution in [2.45, 2.75) is 26.3 Å². The molecule has 1 aliphatic rings. The Kier molecular flexibility index (Phi) is 8.60. The zero-order valence-corrected chi connectivity index (χ0v) is 19.9. The fraction of sp³-hybridized carbons (Fsp3) is 0.417. The van der Waals surface area contributed by atoms with Crippen molar-refractivity contribution in [2.75, 3.05) is 44.4 Å². The van der Waals surface area contributed by atoms with E-state index in [-0.39, 0.29) is 11.9 Å². The van der Waals surface area contributed by atoms with E-state index >= 15 is 0 Å². The summed E-state index contributed by atoms with van der Waals surface area (Å²) in [5, 5.41) is 2.85. The summed E-state index contributed by atoms with van der Waals surface area (Å²) in [6.07, 6.45) is 3.02. The number of benzene rings is 2. The number of nitrogens with zero attached hydrogens (tertiary/aromatic N) is 2. The predicted octanol–water partition coefficient (Wildman–Crippen LogP) is 2.97. The standard InChI is InChI=1S/C24H31N3O5S/c1-3-4-16-32-24(29)20-8-10-22(11-9-20)25-23(28)21-7-5-6-19(17-21)18-26-12-14-27(15-13-26)33(2,30)31/h5-11,17H,3-4,12-16,18H2,1-2H3,(H,25,28). The molecule has 0 aromatic heterocycles. The van der Waals surface area contributed by atoms with Crippen LogP contribution in [0.3, 0.4) is 0 Å².